The zero-order chi connectivity index (χ0) is 16.0. The summed E-state index contributed by atoms with van der Waals surface area (Å²) in [5, 5.41) is 3.62. The van der Waals surface area contributed by atoms with Crippen molar-refractivity contribution in [2.45, 2.75) is 51.6 Å². The molecule has 0 fully saturated rings. The van der Waals surface area contributed by atoms with Crippen molar-refractivity contribution in [2.75, 3.05) is 20.6 Å². The number of nitrogens with one attached hydrogen (secondary N) is 1. The van der Waals surface area contributed by atoms with Gasteiger partial charge in [0.15, 0.2) is 0 Å². The number of hydrogen-bond donors (Lipinski definition) is 1. The summed E-state index contributed by atoms with van der Waals surface area (Å²) in [6, 6.07) is 5.57. The molecule has 0 aliphatic rings. The lowest BCUT2D eigenvalue weighted by molar-refractivity contribution is 0.0888. The molecule has 0 amide bonds. The van der Waals surface area contributed by atoms with Crippen LogP contribution in [0.5, 0.6) is 0 Å². The Hall–Kier alpha value is -0.450. The van der Waals surface area contributed by atoms with Gasteiger partial charge in [0.05, 0.1) is 4.47 Å². The predicted octanol–water partition coefficient (Wildman–Crippen LogP) is 4.23. The van der Waals surface area contributed by atoms with Crippen LogP contribution in [0.2, 0.25) is 0 Å². The molecule has 1 aromatic rings. The Morgan fingerprint density at radius 2 is 1.86 bits per heavy atom. The molecule has 1 aromatic carbocycles. The van der Waals surface area contributed by atoms with Gasteiger partial charge in [-0.3, -0.25) is 0 Å². The maximum Gasteiger partial charge on any atom is 0.137 e. The summed E-state index contributed by atoms with van der Waals surface area (Å²) in [5.74, 6) is -0.189. The molecule has 0 aliphatic carbocycles. The summed E-state index contributed by atoms with van der Waals surface area (Å²) < 4.78 is 14.3. The van der Waals surface area contributed by atoms with Crippen molar-refractivity contribution < 1.29 is 4.39 Å². The molecule has 1 N–H and O–H groups in total. The fourth-order valence-electron chi connectivity index (χ4n) is 3.31. The highest BCUT2D eigenvalue weighted by molar-refractivity contribution is 9.10. The second-order valence-electron chi connectivity index (χ2n) is 5.73. The first-order valence-electron chi connectivity index (χ1n) is 7.76. The highest BCUT2D eigenvalue weighted by atomic mass is 79.9. The predicted molar refractivity (Wildman–Crippen MR) is 92.3 cm³/mol. The normalized spacial score (nSPS) is 13.7. The minimum Gasteiger partial charge on any atom is -0.312 e. The van der Waals surface area contributed by atoms with Crippen molar-refractivity contribution in [3.05, 3.63) is 34.1 Å². The minimum absolute atomic E-state index is 0.0712. The maximum absolute atomic E-state index is 13.8. The molecule has 0 aliphatic heterocycles. The summed E-state index contributed by atoms with van der Waals surface area (Å²) in [6.07, 6.45) is 2.92. The van der Waals surface area contributed by atoms with E-state index in [0.717, 1.165) is 31.4 Å². The Morgan fingerprint density at radius 3 is 2.33 bits per heavy atom. The molecule has 0 saturated heterocycles. The van der Waals surface area contributed by atoms with E-state index in [-0.39, 0.29) is 17.4 Å². The Kier molecular flexibility index (Phi) is 7.31. The number of hydrogen-bond acceptors (Lipinski definition) is 2. The molecule has 0 bridgehead atoms. The molecule has 1 rings (SSSR count). The number of likely N-dealkylation sites (N-methyl/N-ethyl adjacent to an activating group) is 2. The first-order valence-corrected chi connectivity index (χ1v) is 8.55. The lowest BCUT2D eigenvalue weighted by Gasteiger charge is -2.46. The van der Waals surface area contributed by atoms with Crippen molar-refractivity contribution in [2.24, 2.45) is 0 Å². The molecule has 1 unspecified atom stereocenters. The second-order valence-corrected chi connectivity index (χ2v) is 6.53. The summed E-state index contributed by atoms with van der Waals surface area (Å²) in [5.41, 5.74) is 1.09. The number of rotatable bonds is 8. The van der Waals surface area contributed by atoms with Gasteiger partial charge in [-0.05, 0) is 67.5 Å². The fraction of sp³-hybridized carbons (Fsp3) is 0.647. The van der Waals surface area contributed by atoms with Gasteiger partial charge in [-0.25, -0.2) is 4.39 Å². The van der Waals surface area contributed by atoms with Crippen molar-refractivity contribution in [1.29, 1.82) is 0 Å². The molecule has 1 atom stereocenters. The first-order chi connectivity index (χ1) is 9.92. The van der Waals surface area contributed by atoms with Gasteiger partial charge in [-0.1, -0.05) is 32.9 Å². The zero-order valence-electron chi connectivity index (χ0n) is 13.8. The highest BCUT2D eigenvalue weighted by Gasteiger charge is 2.37. The highest BCUT2D eigenvalue weighted by Crippen LogP contribution is 2.30. The van der Waals surface area contributed by atoms with Crippen molar-refractivity contribution in [1.82, 2.24) is 10.2 Å². The zero-order valence-corrected chi connectivity index (χ0v) is 15.4. The summed E-state index contributed by atoms with van der Waals surface area (Å²) >= 11 is 3.39. The van der Waals surface area contributed by atoms with Crippen LogP contribution in [0.25, 0.3) is 0 Å². The van der Waals surface area contributed by atoms with Crippen LogP contribution >= 0.6 is 15.9 Å². The van der Waals surface area contributed by atoms with Crippen LogP contribution < -0.4 is 5.32 Å². The van der Waals surface area contributed by atoms with E-state index in [2.05, 4.69) is 61.0 Å². The van der Waals surface area contributed by atoms with Gasteiger partial charge in [0.1, 0.15) is 5.82 Å². The first kappa shape index (κ1) is 18.6. The third-order valence-corrected chi connectivity index (χ3v) is 5.56. The van der Waals surface area contributed by atoms with Gasteiger partial charge in [-0.15, -0.1) is 0 Å². The van der Waals surface area contributed by atoms with E-state index in [1.54, 1.807) is 6.07 Å². The van der Waals surface area contributed by atoms with E-state index in [1.165, 1.54) is 6.07 Å². The van der Waals surface area contributed by atoms with Crippen LogP contribution in [0, 0.1) is 5.82 Å². The quantitative estimate of drug-likeness (QED) is 0.747. The Morgan fingerprint density at radius 1 is 1.24 bits per heavy atom. The van der Waals surface area contributed by atoms with Crippen LogP contribution in [0.4, 0.5) is 4.39 Å². The molecule has 2 nitrogen and oxygen atoms in total. The molecule has 120 valence electrons. The van der Waals surface area contributed by atoms with E-state index in [0.29, 0.717) is 4.47 Å². The minimum atomic E-state index is -0.189. The Bertz CT molecular complexity index is 444. The molecule has 0 radical (unpaired) electrons. The molecular formula is C17H28BrFN2. The van der Waals surface area contributed by atoms with E-state index in [9.17, 15) is 4.39 Å². The van der Waals surface area contributed by atoms with Gasteiger partial charge in [0.25, 0.3) is 0 Å². The molecular weight excluding hydrogens is 331 g/mol. The van der Waals surface area contributed by atoms with Crippen LogP contribution in [0.1, 0.15) is 39.2 Å². The second kappa shape index (κ2) is 8.25. The Balaban J connectivity index is 3.14. The van der Waals surface area contributed by atoms with Gasteiger partial charge in [0.2, 0.25) is 0 Å². The van der Waals surface area contributed by atoms with E-state index in [4.69, 9.17) is 0 Å². The average molecular weight is 359 g/mol. The number of benzene rings is 1. The van der Waals surface area contributed by atoms with Crippen LogP contribution in [-0.2, 0) is 6.42 Å². The molecule has 0 spiro atoms. The third kappa shape index (κ3) is 4.05. The fourth-order valence-corrected chi connectivity index (χ4v) is 3.74. The smallest absolute Gasteiger partial charge is 0.137 e. The van der Waals surface area contributed by atoms with E-state index in [1.807, 2.05) is 6.07 Å². The summed E-state index contributed by atoms with van der Waals surface area (Å²) in [6.45, 7) is 7.50. The molecule has 0 saturated carbocycles. The maximum atomic E-state index is 13.8. The van der Waals surface area contributed by atoms with Crippen molar-refractivity contribution in [3.63, 3.8) is 0 Å². The monoisotopic (exact) mass is 358 g/mol. The number of nitrogens with zero attached hydrogens (tertiary/aromatic N) is 1. The van der Waals surface area contributed by atoms with E-state index < -0.39 is 0 Å². The van der Waals surface area contributed by atoms with Crippen LogP contribution in [0.3, 0.4) is 0 Å². The van der Waals surface area contributed by atoms with Gasteiger partial charge < -0.3 is 10.2 Å². The van der Waals surface area contributed by atoms with Gasteiger partial charge >= 0.3 is 0 Å². The topological polar surface area (TPSA) is 15.3 Å². The summed E-state index contributed by atoms with van der Waals surface area (Å²) in [4.78, 5) is 2.31. The average Bonchev–Trinajstić information content (AvgIpc) is 2.45. The molecule has 21 heavy (non-hydrogen) atoms. The lowest BCUT2D eigenvalue weighted by Crippen LogP contribution is -2.59. The van der Waals surface area contributed by atoms with Gasteiger partial charge in [0, 0.05) is 11.6 Å². The van der Waals surface area contributed by atoms with Gasteiger partial charge in [-0.2, -0.15) is 0 Å². The van der Waals surface area contributed by atoms with Crippen molar-refractivity contribution in [3.8, 4) is 0 Å². The van der Waals surface area contributed by atoms with Crippen LogP contribution in [-0.4, -0.2) is 37.1 Å². The summed E-state index contributed by atoms with van der Waals surface area (Å²) in [7, 11) is 4.27. The lowest BCUT2D eigenvalue weighted by atomic mass is 9.80. The molecule has 0 heterocycles. The SMILES string of the molecule is CCNC(Cc1cccc(F)c1Br)C(CC)(CC)N(C)C. The molecule has 0 aromatic heterocycles. The number of halogens is 2. The van der Waals surface area contributed by atoms with E-state index >= 15 is 0 Å². The van der Waals surface area contributed by atoms with Crippen LogP contribution in [0.15, 0.2) is 22.7 Å². The standard InChI is InChI=1S/C17H28BrFN2/c1-6-17(7-2,21(4)5)15(20-8-3)12-13-10-9-11-14(19)16(13)18/h9-11,15,20H,6-8,12H2,1-5H3. The largest absolute Gasteiger partial charge is 0.312 e. The van der Waals surface area contributed by atoms with Crippen molar-refractivity contribution >= 4 is 15.9 Å². The Labute approximate surface area is 137 Å². The molecule has 4 heteroatoms. The third-order valence-electron chi connectivity index (χ3n) is 4.67.